The van der Waals surface area contributed by atoms with E-state index in [0.717, 1.165) is 12.8 Å². The van der Waals surface area contributed by atoms with Crippen LogP contribution in [-0.4, -0.2) is 0 Å². The highest BCUT2D eigenvalue weighted by atomic mass is 14.8. The molecule has 118 valence electrons. The fourth-order valence-electron chi connectivity index (χ4n) is 6.32. The Balaban J connectivity index is 2.14. The van der Waals surface area contributed by atoms with E-state index in [-0.39, 0.29) is 16.2 Å². The van der Waals surface area contributed by atoms with Crippen LogP contribution in [0.5, 0.6) is 0 Å². The van der Waals surface area contributed by atoms with Gasteiger partial charge in [-0.05, 0) is 35.2 Å². The van der Waals surface area contributed by atoms with E-state index >= 15 is 0 Å². The number of hydrogen-bond donors (Lipinski definition) is 0. The van der Waals surface area contributed by atoms with Crippen molar-refractivity contribution < 1.29 is 0 Å². The van der Waals surface area contributed by atoms with Crippen LogP contribution in [0.2, 0.25) is 0 Å². The summed E-state index contributed by atoms with van der Waals surface area (Å²) in [5.41, 5.74) is 1.21. The summed E-state index contributed by atoms with van der Waals surface area (Å²) in [6.45, 7) is 11.2. The highest BCUT2D eigenvalue weighted by Crippen LogP contribution is 2.81. The van der Waals surface area contributed by atoms with E-state index in [1.807, 2.05) is 0 Å². The molecule has 1 saturated carbocycles. The van der Waals surface area contributed by atoms with Gasteiger partial charge in [-0.25, -0.2) is 0 Å². The van der Waals surface area contributed by atoms with Crippen molar-refractivity contribution in [2.45, 2.75) is 47.5 Å². The van der Waals surface area contributed by atoms with Gasteiger partial charge in [0.05, 0.1) is 17.6 Å². The minimum atomic E-state index is -0.570. The molecule has 0 unspecified atom stereocenters. The Morgan fingerprint density at radius 1 is 1.00 bits per heavy atom. The Morgan fingerprint density at radius 3 is 2.26 bits per heavy atom. The Kier molecular flexibility index (Phi) is 2.34. The van der Waals surface area contributed by atoms with Crippen molar-refractivity contribution >= 4 is 0 Å². The summed E-state index contributed by atoms with van der Waals surface area (Å²) < 4.78 is 0. The minimum absolute atomic E-state index is 0.00718. The smallest absolute Gasteiger partial charge is 0.103 e. The maximum atomic E-state index is 10.2. The third kappa shape index (κ3) is 1.18. The van der Waals surface area contributed by atoms with Crippen molar-refractivity contribution in [3.8, 4) is 12.1 Å². The predicted molar refractivity (Wildman–Crippen MR) is 89.8 cm³/mol. The van der Waals surface area contributed by atoms with Crippen molar-refractivity contribution in [2.24, 2.45) is 33.0 Å². The van der Waals surface area contributed by atoms with Crippen LogP contribution in [0.1, 0.15) is 47.5 Å². The normalized spacial score (nSPS) is 47.2. The lowest BCUT2D eigenvalue weighted by molar-refractivity contribution is -0.0927. The summed E-state index contributed by atoms with van der Waals surface area (Å²) in [5, 5.41) is 20.3. The minimum Gasteiger partial charge on any atom is -0.197 e. The van der Waals surface area contributed by atoms with Crippen LogP contribution in [0.4, 0.5) is 0 Å². The van der Waals surface area contributed by atoms with E-state index in [2.05, 4.69) is 71.1 Å². The average Bonchev–Trinajstić information content (AvgIpc) is 2.72. The van der Waals surface area contributed by atoms with Gasteiger partial charge < -0.3 is 0 Å². The monoisotopic (exact) mass is 304 g/mol. The van der Waals surface area contributed by atoms with E-state index in [9.17, 15) is 10.5 Å². The molecule has 0 amide bonds. The summed E-state index contributed by atoms with van der Waals surface area (Å²) in [6, 6.07) is 5.32. The van der Waals surface area contributed by atoms with Crippen LogP contribution in [0.3, 0.4) is 0 Å². The van der Waals surface area contributed by atoms with Gasteiger partial charge in [0.15, 0.2) is 0 Å². The van der Waals surface area contributed by atoms with Gasteiger partial charge in [0.1, 0.15) is 5.41 Å². The molecule has 1 spiro atoms. The summed E-state index contributed by atoms with van der Waals surface area (Å²) in [6.07, 6.45) is 10.6. The molecule has 0 aliphatic heterocycles. The highest BCUT2D eigenvalue weighted by Gasteiger charge is 2.77. The molecule has 0 aromatic carbocycles. The Labute approximate surface area is 139 Å². The van der Waals surface area contributed by atoms with Crippen molar-refractivity contribution in [3.63, 3.8) is 0 Å². The van der Waals surface area contributed by atoms with Gasteiger partial charge in [-0.1, -0.05) is 64.5 Å². The average molecular weight is 304 g/mol. The number of nitrogens with zero attached hydrogens (tertiary/aromatic N) is 2. The molecule has 0 bridgehead atoms. The second-order valence-electron chi connectivity index (χ2n) is 9.31. The summed E-state index contributed by atoms with van der Waals surface area (Å²) in [4.78, 5) is 0. The molecule has 0 heterocycles. The standard InChI is InChI=1S/C21H24N2/c1-14-6-7-21-16-15(14)10-17(2,3)20(16,13-23)9-8-19(21,12-22)11-18(21,4)5/h6-9,14H,10-11H2,1-5H3/t14-,19-,20+,21+/m1/s1. The molecule has 0 saturated heterocycles. The highest BCUT2D eigenvalue weighted by molar-refractivity contribution is 5.62. The molecular formula is C21H24N2. The Hall–Kier alpha value is -1.80. The SMILES string of the molecule is C[C@@H]1C=C[C@@]23C4=C1CC(C)(C)[C@]4(C#N)C=C[C@]2(C#N)CC3(C)C. The molecule has 2 nitrogen and oxygen atoms in total. The largest absolute Gasteiger partial charge is 0.197 e. The van der Waals surface area contributed by atoms with E-state index in [0.29, 0.717) is 5.92 Å². The molecule has 4 aliphatic carbocycles. The summed E-state index contributed by atoms with van der Waals surface area (Å²) >= 11 is 0. The first-order chi connectivity index (χ1) is 10.6. The summed E-state index contributed by atoms with van der Waals surface area (Å²) in [5.74, 6) is 0.365. The molecule has 4 rings (SSSR count). The lowest BCUT2D eigenvalue weighted by atomic mass is 9.30. The second-order valence-corrected chi connectivity index (χ2v) is 9.31. The third-order valence-corrected chi connectivity index (χ3v) is 7.48. The van der Waals surface area contributed by atoms with Crippen LogP contribution in [0.25, 0.3) is 0 Å². The second kappa shape index (κ2) is 3.64. The van der Waals surface area contributed by atoms with Crippen molar-refractivity contribution in [2.75, 3.05) is 0 Å². The first kappa shape index (κ1) is 14.8. The van der Waals surface area contributed by atoms with E-state index in [4.69, 9.17) is 0 Å². The molecule has 0 N–H and O–H groups in total. The van der Waals surface area contributed by atoms with Crippen LogP contribution in [0, 0.1) is 55.7 Å². The zero-order chi connectivity index (χ0) is 16.9. The zero-order valence-electron chi connectivity index (χ0n) is 14.7. The van der Waals surface area contributed by atoms with Crippen LogP contribution < -0.4 is 0 Å². The molecule has 0 radical (unpaired) electrons. The third-order valence-electron chi connectivity index (χ3n) is 7.48. The van der Waals surface area contributed by atoms with Crippen LogP contribution in [-0.2, 0) is 0 Å². The maximum Gasteiger partial charge on any atom is 0.103 e. The molecule has 4 atom stereocenters. The number of hydrogen-bond acceptors (Lipinski definition) is 2. The predicted octanol–water partition coefficient (Wildman–Crippen LogP) is 4.92. The van der Waals surface area contributed by atoms with Gasteiger partial charge in [0.25, 0.3) is 0 Å². The first-order valence-electron chi connectivity index (χ1n) is 8.59. The van der Waals surface area contributed by atoms with Gasteiger partial charge in [-0.2, -0.15) is 10.5 Å². The lowest BCUT2D eigenvalue weighted by Crippen LogP contribution is -2.66. The Morgan fingerprint density at radius 2 is 1.70 bits per heavy atom. The molecule has 23 heavy (non-hydrogen) atoms. The van der Waals surface area contributed by atoms with Crippen LogP contribution in [0.15, 0.2) is 35.5 Å². The number of nitriles is 2. The van der Waals surface area contributed by atoms with Gasteiger partial charge in [-0.15, -0.1) is 0 Å². The number of allylic oxidation sites excluding steroid dienone is 6. The van der Waals surface area contributed by atoms with Crippen LogP contribution >= 0.6 is 0 Å². The number of rotatable bonds is 0. The molecular weight excluding hydrogens is 280 g/mol. The topological polar surface area (TPSA) is 47.6 Å². The molecule has 2 heteroatoms. The van der Waals surface area contributed by atoms with Crippen molar-refractivity contribution in [1.82, 2.24) is 0 Å². The molecule has 0 aromatic heterocycles. The first-order valence-corrected chi connectivity index (χ1v) is 8.59. The van der Waals surface area contributed by atoms with Gasteiger partial charge in [0, 0.05) is 5.41 Å². The van der Waals surface area contributed by atoms with E-state index in [1.54, 1.807) is 0 Å². The lowest BCUT2D eigenvalue weighted by Gasteiger charge is -2.70. The van der Waals surface area contributed by atoms with Crippen molar-refractivity contribution in [1.29, 1.82) is 10.5 Å². The van der Waals surface area contributed by atoms with Gasteiger partial charge >= 0.3 is 0 Å². The summed E-state index contributed by atoms with van der Waals surface area (Å²) in [7, 11) is 0. The zero-order valence-corrected chi connectivity index (χ0v) is 14.7. The van der Waals surface area contributed by atoms with E-state index in [1.165, 1.54) is 11.1 Å². The van der Waals surface area contributed by atoms with Crippen molar-refractivity contribution in [3.05, 3.63) is 35.5 Å². The van der Waals surface area contributed by atoms with Gasteiger partial charge in [-0.3, -0.25) is 0 Å². The fourth-order valence-corrected chi connectivity index (χ4v) is 6.32. The fraction of sp³-hybridized carbons (Fsp3) is 0.619. The molecule has 0 aromatic rings. The molecule has 4 aliphatic rings. The van der Waals surface area contributed by atoms with Gasteiger partial charge in [0.2, 0.25) is 0 Å². The quantitative estimate of drug-likeness (QED) is 0.596. The molecule has 1 fully saturated rings. The maximum absolute atomic E-state index is 10.2. The Bertz CT molecular complexity index is 795. The van der Waals surface area contributed by atoms with E-state index < -0.39 is 10.8 Å².